The number of hydrogen-bond donors (Lipinski definition) is 1. The van der Waals surface area contributed by atoms with Crippen LogP contribution < -0.4 is 4.74 Å². The summed E-state index contributed by atoms with van der Waals surface area (Å²) in [5, 5.41) is 9.80. The van der Waals surface area contributed by atoms with Crippen molar-refractivity contribution >= 4 is 10.9 Å². The Hall–Kier alpha value is -2.23. The summed E-state index contributed by atoms with van der Waals surface area (Å²) in [5.41, 5.74) is -0.836. The number of hydrogen-bond acceptors (Lipinski definition) is 2. The minimum Gasteiger partial charge on any atom is -0.491 e. The fourth-order valence-corrected chi connectivity index (χ4v) is 4.54. The summed E-state index contributed by atoms with van der Waals surface area (Å²) in [7, 11) is -0.149. The number of ether oxygens (including phenoxy) is 1. The minimum absolute atomic E-state index is 0.149. The van der Waals surface area contributed by atoms with E-state index < -0.39 is 5.60 Å². The van der Waals surface area contributed by atoms with Crippen molar-refractivity contribution in [1.82, 2.24) is 0 Å². The Morgan fingerprint density at radius 1 is 0.720 bits per heavy atom. The van der Waals surface area contributed by atoms with Gasteiger partial charge in [0.1, 0.15) is 12.4 Å². The zero-order chi connectivity index (χ0) is 17.7. The summed E-state index contributed by atoms with van der Waals surface area (Å²) >= 11 is 0. The quantitative estimate of drug-likeness (QED) is 0.638. The zero-order valence-corrected chi connectivity index (χ0v) is 15.4. The normalized spacial score (nSPS) is 11.5. The molecule has 2 nitrogen and oxygen atoms in total. The maximum Gasteiger partial charge on any atom is 0.166 e. The lowest BCUT2D eigenvalue weighted by molar-refractivity contribution is 0.0285. The van der Waals surface area contributed by atoms with E-state index >= 15 is 0 Å². The molecule has 0 amide bonds. The molecule has 1 N–H and O–H groups in total. The predicted molar refractivity (Wildman–Crippen MR) is 103 cm³/mol. The Labute approximate surface area is 152 Å². The van der Waals surface area contributed by atoms with E-state index in [0.717, 1.165) is 5.75 Å². The largest absolute Gasteiger partial charge is 0.491 e. The van der Waals surface area contributed by atoms with E-state index in [2.05, 4.69) is 60.7 Å². The summed E-state index contributed by atoms with van der Waals surface area (Å²) in [6.45, 7) is 3.75. The highest BCUT2D eigenvalue weighted by atomic mass is 32.2. The molecule has 0 bridgehead atoms. The molecular weight excluding hydrogens is 328 g/mol. The third-order valence-corrected chi connectivity index (χ3v) is 5.84. The highest BCUT2D eigenvalue weighted by Crippen LogP contribution is 2.31. The lowest BCUT2D eigenvalue weighted by Crippen LogP contribution is -2.27. The zero-order valence-electron chi connectivity index (χ0n) is 14.6. The number of benzene rings is 3. The Kier molecular flexibility index (Phi) is 5.47. The molecular formula is C22H23O2S+. The number of aliphatic hydroxyl groups is 1. The van der Waals surface area contributed by atoms with E-state index in [1.165, 1.54) is 14.7 Å². The van der Waals surface area contributed by atoms with E-state index in [0.29, 0.717) is 0 Å². The summed E-state index contributed by atoms with van der Waals surface area (Å²) in [5.74, 6) is 0.774. The van der Waals surface area contributed by atoms with Gasteiger partial charge in [0.05, 0.1) is 16.5 Å². The first-order valence-corrected chi connectivity index (χ1v) is 9.55. The van der Waals surface area contributed by atoms with E-state index in [9.17, 15) is 5.11 Å². The van der Waals surface area contributed by atoms with Crippen LogP contribution in [-0.2, 0) is 10.9 Å². The smallest absolute Gasteiger partial charge is 0.166 e. The van der Waals surface area contributed by atoms with Crippen LogP contribution >= 0.6 is 0 Å². The van der Waals surface area contributed by atoms with Crippen LogP contribution in [0.2, 0.25) is 0 Å². The molecule has 0 aliphatic carbocycles. The highest BCUT2D eigenvalue weighted by Gasteiger charge is 2.28. The average Bonchev–Trinajstić information content (AvgIpc) is 2.62. The molecule has 0 spiro atoms. The summed E-state index contributed by atoms with van der Waals surface area (Å²) < 4.78 is 5.67. The van der Waals surface area contributed by atoms with Crippen molar-refractivity contribution in [3.05, 3.63) is 84.9 Å². The van der Waals surface area contributed by atoms with Crippen LogP contribution in [0.25, 0.3) is 0 Å². The molecule has 3 heteroatoms. The minimum atomic E-state index is -0.836. The summed E-state index contributed by atoms with van der Waals surface area (Å²) in [4.78, 5) is 3.82. The van der Waals surface area contributed by atoms with E-state index in [-0.39, 0.29) is 17.5 Å². The van der Waals surface area contributed by atoms with Gasteiger partial charge in [0.15, 0.2) is 14.7 Å². The summed E-state index contributed by atoms with van der Waals surface area (Å²) in [6.07, 6.45) is 0. The molecule has 3 aromatic carbocycles. The topological polar surface area (TPSA) is 29.5 Å². The second kappa shape index (κ2) is 7.77. The lowest BCUT2D eigenvalue weighted by Gasteiger charge is -2.17. The van der Waals surface area contributed by atoms with E-state index in [1.807, 2.05) is 24.3 Å². The Balaban J connectivity index is 1.89. The van der Waals surface area contributed by atoms with Crippen LogP contribution in [0.5, 0.6) is 5.75 Å². The van der Waals surface area contributed by atoms with E-state index in [1.54, 1.807) is 13.8 Å². The Bertz CT molecular complexity index is 738. The molecule has 0 unspecified atom stereocenters. The molecule has 0 fully saturated rings. The maximum absolute atomic E-state index is 9.80. The monoisotopic (exact) mass is 351 g/mol. The highest BCUT2D eigenvalue weighted by molar-refractivity contribution is 7.97. The fourth-order valence-electron chi connectivity index (χ4n) is 2.45. The Morgan fingerprint density at radius 2 is 1.16 bits per heavy atom. The fraction of sp³-hybridized carbons (Fsp3) is 0.182. The van der Waals surface area contributed by atoms with E-state index in [4.69, 9.17) is 4.74 Å². The molecule has 0 atom stereocenters. The third kappa shape index (κ3) is 4.88. The van der Waals surface area contributed by atoms with Crippen LogP contribution in [0.4, 0.5) is 0 Å². The molecule has 0 heterocycles. The number of rotatable bonds is 6. The predicted octanol–water partition coefficient (Wildman–Crippen LogP) is 4.93. The molecule has 3 aromatic rings. The second-order valence-corrected chi connectivity index (χ2v) is 8.53. The second-order valence-electron chi connectivity index (χ2n) is 6.50. The van der Waals surface area contributed by atoms with Gasteiger partial charge < -0.3 is 9.84 Å². The van der Waals surface area contributed by atoms with Gasteiger partial charge in [-0.05, 0) is 62.4 Å². The molecule has 0 aliphatic heterocycles. The van der Waals surface area contributed by atoms with Gasteiger partial charge in [0, 0.05) is 0 Å². The van der Waals surface area contributed by atoms with Crippen LogP contribution in [0.1, 0.15) is 13.8 Å². The molecule has 25 heavy (non-hydrogen) atoms. The van der Waals surface area contributed by atoms with Crippen molar-refractivity contribution in [1.29, 1.82) is 0 Å². The lowest BCUT2D eigenvalue weighted by atomic mass is 10.2. The standard InChI is InChI=1S/C22H23O2S/c1-22(2,23)17-24-18-13-15-21(16-14-18)25(19-9-5-3-6-10-19)20-11-7-4-8-12-20/h3-16,23H,17H2,1-2H3/q+1. The molecule has 0 saturated heterocycles. The molecule has 3 rings (SSSR count). The maximum atomic E-state index is 9.80. The summed E-state index contributed by atoms with van der Waals surface area (Å²) in [6, 6.07) is 29.3. The van der Waals surface area contributed by atoms with Gasteiger partial charge in [0.25, 0.3) is 0 Å². The molecule has 0 aromatic heterocycles. The molecule has 128 valence electrons. The van der Waals surface area contributed by atoms with Gasteiger partial charge >= 0.3 is 0 Å². The first kappa shape index (κ1) is 17.6. The SMILES string of the molecule is CC(C)(O)COc1ccc([S+](c2ccccc2)c2ccccc2)cc1. The molecule has 0 aliphatic rings. The van der Waals surface area contributed by atoms with Crippen molar-refractivity contribution in [2.75, 3.05) is 6.61 Å². The molecule has 0 radical (unpaired) electrons. The van der Waals surface area contributed by atoms with Crippen molar-refractivity contribution in [3.63, 3.8) is 0 Å². The van der Waals surface area contributed by atoms with Gasteiger partial charge in [-0.15, -0.1) is 0 Å². The average molecular weight is 351 g/mol. The van der Waals surface area contributed by atoms with Crippen molar-refractivity contribution in [2.45, 2.75) is 34.1 Å². The van der Waals surface area contributed by atoms with Crippen LogP contribution in [-0.4, -0.2) is 17.3 Å². The van der Waals surface area contributed by atoms with Gasteiger partial charge in [-0.25, -0.2) is 0 Å². The van der Waals surface area contributed by atoms with Gasteiger partial charge in [-0.1, -0.05) is 36.4 Å². The first-order chi connectivity index (χ1) is 12.0. The van der Waals surface area contributed by atoms with Crippen molar-refractivity contribution < 1.29 is 9.84 Å². The Morgan fingerprint density at radius 3 is 1.60 bits per heavy atom. The van der Waals surface area contributed by atoms with Crippen LogP contribution in [0, 0.1) is 0 Å². The third-order valence-electron chi connectivity index (χ3n) is 3.61. The van der Waals surface area contributed by atoms with Crippen LogP contribution in [0.3, 0.4) is 0 Å². The van der Waals surface area contributed by atoms with Gasteiger partial charge in [-0.2, -0.15) is 0 Å². The van der Waals surface area contributed by atoms with Gasteiger partial charge in [0.2, 0.25) is 0 Å². The van der Waals surface area contributed by atoms with Gasteiger partial charge in [-0.3, -0.25) is 0 Å². The first-order valence-electron chi connectivity index (χ1n) is 8.33. The van der Waals surface area contributed by atoms with Crippen LogP contribution in [0.15, 0.2) is 99.6 Å². The van der Waals surface area contributed by atoms with Crippen molar-refractivity contribution in [3.8, 4) is 5.75 Å². The van der Waals surface area contributed by atoms with Crippen molar-refractivity contribution in [2.24, 2.45) is 0 Å². The molecule has 0 saturated carbocycles.